The predicted octanol–water partition coefficient (Wildman–Crippen LogP) is 3.88. The van der Waals surface area contributed by atoms with Crippen molar-refractivity contribution in [3.05, 3.63) is 64.6 Å². The number of anilines is 1. The quantitative estimate of drug-likeness (QED) is 0.487. The number of thioether (sulfide) groups is 1. The third-order valence-corrected chi connectivity index (χ3v) is 6.02. The van der Waals surface area contributed by atoms with Gasteiger partial charge in [0.2, 0.25) is 11.7 Å². The summed E-state index contributed by atoms with van der Waals surface area (Å²) < 4.78 is 0. The van der Waals surface area contributed by atoms with E-state index in [9.17, 15) is 14.4 Å². The van der Waals surface area contributed by atoms with Gasteiger partial charge in [-0.05, 0) is 71.3 Å². The van der Waals surface area contributed by atoms with Gasteiger partial charge in [0.05, 0.1) is 4.91 Å². The molecule has 0 bridgehead atoms. The minimum Gasteiger partial charge on any atom is -0.326 e. The van der Waals surface area contributed by atoms with Crippen molar-refractivity contribution >= 4 is 40.6 Å². The van der Waals surface area contributed by atoms with Gasteiger partial charge in [0.25, 0.3) is 11.1 Å². The van der Waals surface area contributed by atoms with Crippen molar-refractivity contribution in [2.45, 2.75) is 26.2 Å². The molecule has 4 rings (SSSR count). The molecule has 168 valence electrons. The number of benzene rings is 2. The summed E-state index contributed by atoms with van der Waals surface area (Å²) in [6, 6.07) is 14.9. The number of hydrogen-bond acceptors (Lipinski definition) is 7. The molecule has 33 heavy (non-hydrogen) atoms. The first-order valence-electron chi connectivity index (χ1n) is 10.5. The van der Waals surface area contributed by atoms with Gasteiger partial charge in [-0.2, -0.15) is 5.21 Å². The normalized spacial score (nSPS) is 14.8. The van der Waals surface area contributed by atoms with Crippen LogP contribution in [0.25, 0.3) is 17.5 Å². The number of aryl methyl sites for hydroxylation is 1. The van der Waals surface area contributed by atoms with Crippen LogP contribution in [0.3, 0.4) is 0 Å². The molecule has 1 fully saturated rings. The number of carbonyl (C=O) groups is 3. The van der Waals surface area contributed by atoms with Crippen LogP contribution in [-0.4, -0.2) is 49.1 Å². The number of carbonyl (C=O) groups excluding carboxylic acids is 3. The number of amides is 3. The summed E-state index contributed by atoms with van der Waals surface area (Å²) in [6.07, 6.45) is 3.24. The average Bonchev–Trinajstić information content (AvgIpc) is 3.45. The highest BCUT2D eigenvalue weighted by molar-refractivity contribution is 8.18. The molecule has 1 saturated heterocycles. The lowest BCUT2D eigenvalue weighted by Gasteiger charge is -2.12. The van der Waals surface area contributed by atoms with Crippen molar-refractivity contribution in [2.24, 2.45) is 0 Å². The topological polar surface area (TPSA) is 121 Å². The first-order chi connectivity index (χ1) is 16.0. The average molecular weight is 463 g/mol. The summed E-state index contributed by atoms with van der Waals surface area (Å²) in [5, 5.41) is 16.2. The van der Waals surface area contributed by atoms with Crippen molar-refractivity contribution in [3.8, 4) is 11.4 Å². The highest BCUT2D eigenvalue weighted by Crippen LogP contribution is 2.32. The summed E-state index contributed by atoms with van der Waals surface area (Å²) in [5.41, 5.74) is 3.50. The second-order valence-electron chi connectivity index (χ2n) is 7.39. The van der Waals surface area contributed by atoms with Crippen molar-refractivity contribution < 1.29 is 14.4 Å². The molecule has 2 aromatic carbocycles. The van der Waals surface area contributed by atoms with E-state index in [0.717, 1.165) is 29.3 Å². The van der Waals surface area contributed by atoms with Crippen molar-refractivity contribution in [3.63, 3.8) is 0 Å². The van der Waals surface area contributed by atoms with Crippen LogP contribution in [0.5, 0.6) is 0 Å². The van der Waals surface area contributed by atoms with E-state index in [-0.39, 0.29) is 30.0 Å². The fourth-order valence-corrected chi connectivity index (χ4v) is 4.17. The van der Waals surface area contributed by atoms with Crippen LogP contribution in [0.2, 0.25) is 0 Å². The van der Waals surface area contributed by atoms with Crippen LogP contribution in [0.1, 0.15) is 30.9 Å². The van der Waals surface area contributed by atoms with Crippen LogP contribution in [0.4, 0.5) is 10.5 Å². The van der Waals surface area contributed by atoms with E-state index in [0.29, 0.717) is 22.8 Å². The second-order valence-corrected chi connectivity index (χ2v) is 8.39. The minimum absolute atomic E-state index is 0.186. The molecule has 0 unspecified atom stereocenters. The van der Waals surface area contributed by atoms with Gasteiger partial charge in [-0.25, -0.2) is 0 Å². The molecule has 10 heteroatoms. The molecule has 9 nitrogen and oxygen atoms in total. The zero-order chi connectivity index (χ0) is 23.2. The molecule has 0 saturated carbocycles. The number of rotatable bonds is 8. The number of H-pyrrole nitrogens is 1. The first kappa shape index (κ1) is 22.4. The molecule has 1 aromatic heterocycles. The molecule has 0 radical (unpaired) electrons. The minimum atomic E-state index is -0.318. The largest absolute Gasteiger partial charge is 0.326 e. The number of nitrogens with one attached hydrogen (secondary N) is 2. The third kappa shape index (κ3) is 5.53. The smallest absolute Gasteiger partial charge is 0.293 e. The molecule has 2 heterocycles. The van der Waals surface area contributed by atoms with E-state index in [1.54, 1.807) is 30.3 Å². The number of tetrazole rings is 1. The number of imide groups is 1. The summed E-state index contributed by atoms with van der Waals surface area (Å²) in [4.78, 5) is 38.8. The van der Waals surface area contributed by atoms with Gasteiger partial charge >= 0.3 is 0 Å². The van der Waals surface area contributed by atoms with Gasteiger partial charge in [-0.1, -0.05) is 31.2 Å². The highest BCUT2D eigenvalue weighted by atomic mass is 32.2. The molecule has 3 amide bonds. The van der Waals surface area contributed by atoms with Crippen LogP contribution < -0.4 is 5.32 Å². The molecule has 0 spiro atoms. The fourth-order valence-electron chi connectivity index (χ4n) is 3.30. The standard InChI is InChI=1S/C23H22N6O3S/c1-2-15-5-7-16(8-6-15)14-19-22(31)29(23(32)33-19)13-3-4-20(30)24-18-11-9-17(10-12-18)21-25-27-28-26-21/h5-12,14H,2-4,13H2,1H3,(H,24,30)(H,25,26,27,28)/b19-14-. The lowest BCUT2D eigenvalue weighted by atomic mass is 10.1. The second kappa shape index (κ2) is 10.2. The van der Waals surface area contributed by atoms with Crippen LogP contribution >= 0.6 is 11.8 Å². The Morgan fingerprint density at radius 3 is 2.55 bits per heavy atom. The Balaban J connectivity index is 1.27. The molecular formula is C23H22N6O3S. The predicted molar refractivity (Wildman–Crippen MR) is 126 cm³/mol. The Hall–Kier alpha value is -3.79. The Labute approximate surface area is 194 Å². The van der Waals surface area contributed by atoms with Gasteiger partial charge < -0.3 is 5.32 Å². The first-order valence-corrected chi connectivity index (χ1v) is 11.3. The summed E-state index contributed by atoms with van der Waals surface area (Å²) in [6.45, 7) is 2.27. The number of aromatic nitrogens is 4. The maximum Gasteiger partial charge on any atom is 0.293 e. The summed E-state index contributed by atoms with van der Waals surface area (Å²) in [7, 11) is 0. The molecule has 2 N–H and O–H groups in total. The lowest BCUT2D eigenvalue weighted by molar-refractivity contribution is -0.123. The molecule has 3 aromatic rings. The van der Waals surface area contributed by atoms with Crippen molar-refractivity contribution in [1.82, 2.24) is 25.5 Å². The maximum atomic E-state index is 12.6. The van der Waals surface area contributed by atoms with Crippen LogP contribution in [0, 0.1) is 0 Å². The number of hydrogen-bond donors (Lipinski definition) is 2. The SMILES string of the molecule is CCc1ccc(/C=C2\SC(=O)N(CCCC(=O)Nc3ccc(-c4nn[nH]n4)cc3)C2=O)cc1. The highest BCUT2D eigenvalue weighted by Gasteiger charge is 2.34. The summed E-state index contributed by atoms with van der Waals surface area (Å²) >= 11 is 0.929. The van der Waals surface area contributed by atoms with Crippen LogP contribution in [0.15, 0.2) is 53.4 Å². The fraction of sp³-hybridized carbons (Fsp3) is 0.217. The Bertz CT molecular complexity index is 1170. The van der Waals surface area contributed by atoms with E-state index in [1.165, 1.54) is 10.5 Å². The van der Waals surface area contributed by atoms with Gasteiger partial charge in [-0.3, -0.25) is 19.3 Å². The maximum absolute atomic E-state index is 12.6. The molecular weight excluding hydrogens is 440 g/mol. The monoisotopic (exact) mass is 462 g/mol. The molecule has 1 aliphatic heterocycles. The van der Waals surface area contributed by atoms with E-state index < -0.39 is 0 Å². The Kier molecular flexibility index (Phi) is 6.94. The van der Waals surface area contributed by atoms with E-state index in [4.69, 9.17) is 0 Å². The molecule has 1 aliphatic rings. The van der Waals surface area contributed by atoms with Gasteiger partial charge in [-0.15, -0.1) is 10.2 Å². The third-order valence-electron chi connectivity index (χ3n) is 5.12. The number of aromatic amines is 1. The molecule has 0 atom stereocenters. The van der Waals surface area contributed by atoms with Gasteiger partial charge in [0.15, 0.2) is 0 Å². The van der Waals surface area contributed by atoms with Gasteiger partial charge in [0.1, 0.15) is 0 Å². The zero-order valence-electron chi connectivity index (χ0n) is 17.9. The van der Waals surface area contributed by atoms with Gasteiger partial charge in [0, 0.05) is 24.2 Å². The van der Waals surface area contributed by atoms with Crippen LogP contribution in [-0.2, 0) is 16.0 Å². The lowest BCUT2D eigenvalue weighted by Crippen LogP contribution is -2.29. The van der Waals surface area contributed by atoms with E-state index in [2.05, 4.69) is 32.9 Å². The number of nitrogens with zero attached hydrogens (tertiary/aromatic N) is 4. The zero-order valence-corrected chi connectivity index (χ0v) is 18.8. The van der Waals surface area contributed by atoms with E-state index >= 15 is 0 Å². The van der Waals surface area contributed by atoms with E-state index in [1.807, 2.05) is 24.3 Å². The summed E-state index contributed by atoms with van der Waals surface area (Å²) in [5.74, 6) is -0.0417. The Morgan fingerprint density at radius 2 is 1.88 bits per heavy atom. The van der Waals surface area contributed by atoms with Crippen molar-refractivity contribution in [2.75, 3.05) is 11.9 Å². The Morgan fingerprint density at radius 1 is 1.12 bits per heavy atom. The van der Waals surface area contributed by atoms with Crippen molar-refractivity contribution in [1.29, 1.82) is 0 Å². The molecule has 0 aliphatic carbocycles.